The van der Waals surface area contributed by atoms with Crippen molar-refractivity contribution in [2.75, 3.05) is 0 Å². The lowest BCUT2D eigenvalue weighted by atomic mass is 9.54. The van der Waals surface area contributed by atoms with Crippen molar-refractivity contribution in [1.82, 2.24) is 0 Å². The van der Waals surface area contributed by atoms with Crippen LogP contribution in [0.5, 0.6) is 0 Å². The molecule has 0 aromatic carbocycles. The number of hydrogen-bond acceptors (Lipinski definition) is 1. The van der Waals surface area contributed by atoms with Gasteiger partial charge in [0.1, 0.15) is 0 Å². The molecule has 5 aliphatic carbocycles. The van der Waals surface area contributed by atoms with Crippen molar-refractivity contribution in [3.63, 3.8) is 0 Å². The molecule has 5 aliphatic rings. The Kier molecular flexibility index (Phi) is 4.86. The summed E-state index contributed by atoms with van der Waals surface area (Å²) in [5, 5.41) is 10.3. The van der Waals surface area contributed by atoms with Gasteiger partial charge in [-0.2, -0.15) is 0 Å². The number of rotatable bonds is 5. The number of aliphatic hydroxyl groups is 1. The van der Waals surface area contributed by atoms with Crippen LogP contribution in [0.4, 0.5) is 0 Å². The Bertz CT molecular complexity index is 690. The molecule has 0 saturated heterocycles. The lowest BCUT2D eigenvalue weighted by molar-refractivity contribution is 0.0206. The van der Waals surface area contributed by atoms with E-state index in [-0.39, 0.29) is 6.10 Å². The van der Waals surface area contributed by atoms with Crippen molar-refractivity contribution >= 4 is 0 Å². The van der Waals surface area contributed by atoms with E-state index < -0.39 is 0 Å². The smallest absolute Gasteiger partial charge is 0.0543 e. The van der Waals surface area contributed by atoms with Crippen LogP contribution in [0.15, 0.2) is 11.1 Å². The van der Waals surface area contributed by atoms with Gasteiger partial charge in [0, 0.05) is 0 Å². The number of hydrogen-bond donors (Lipinski definition) is 1. The highest BCUT2D eigenvalue weighted by atomic mass is 16.3. The monoisotopic (exact) mass is 398 g/mol. The molecule has 0 bridgehead atoms. The van der Waals surface area contributed by atoms with Gasteiger partial charge in [-0.3, -0.25) is 0 Å². The molecule has 4 saturated carbocycles. The molecule has 0 aromatic heterocycles. The molecule has 5 rings (SSSR count). The molecule has 0 aromatic rings. The summed E-state index contributed by atoms with van der Waals surface area (Å²) in [4.78, 5) is 0. The van der Waals surface area contributed by atoms with Gasteiger partial charge in [-0.1, -0.05) is 58.6 Å². The molecule has 4 fully saturated rings. The third kappa shape index (κ3) is 2.81. The van der Waals surface area contributed by atoms with Crippen molar-refractivity contribution in [2.24, 2.45) is 45.8 Å². The molecular weight excluding hydrogens is 352 g/mol. The second-order valence-electron chi connectivity index (χ2n) is 12.9. The van der Waals surface area contributed by atoms with Gasteiger partial charge < -0.3 is 5.11 Å². The number of fused-ring (bicyclic) bond motifs is 1. The van der Waals surface area contributed by atoms with Gasteiger partial charge in [0.15, 0.2) is 0 Å². The second-order valence-corrected chi connectivity index (χ2v) is 12.9. The Morgan fingerprint density at radius 2 is 1.69 bits per heavy atom. The van der Waals surface area contributed by atoms with Crippen LogP contribution in [0.25, 0.3) is 0 Å². The van der Waals surface area contributed by atoms with Crippen LogP contribution in [0.3, 0.4) is 0 Å². The minimum Gasteiger partial charge on any atom is -0.393 e. The van der Waals surface area contributed by atoms with Crippen LogP contribution in [-0.2, 0) is 0 Å². The van der Waals surface area contributed by atoms with Crippen molar-refractivity contribution in [2.45, 2.75) is 118 Å². The fourth-order valence-corrected chi connectivity index (χ4v) is 9.35. The molecule has 0 amide bonds. The van der Waals surface area contributed by atoms with Crippen LogP contribution in [0, 0.1) is 45.8 Å². The van der Waals surface area contributed by atoms with Crippen molar-refractivity contribution in [1.29, 1.82) is 0 Å². The van der Waals surface area contributed by atoms with Crippen LogP contribution < -0.4 is 0 Å². The van der Waals surface area contributed by atoms with E-state index in [0.29, 0.717) is 16.2 Å². The Morgan fingerprint density at radius 1 is 0.931 bits per heavy atom. The van der Waals surface area contributed by atoms with Crippen molar-refractivity contribution in [3.05, 3.63) is 11.1 Å². The summed E-state index contributed by atoms with van der Waals surface area (Å²) >= 11 is 0. The summed E-state index contributed by atoms with van der Waals surface area (Å²) in [7, 11) is 0. The molecule has 0 aliphatic heterocycles. The topological polar surface area (TPSA) is 20.2 Å². The zero-order chi connectivity index (χ0) is 20.6. The molecule has 0 heterocycles. The first-order valence-corrected chi connectivity index (χ1v) is 13.1. The summed E-state index contributed by atoms with van der Waals surface area (Å²) in [6, 6.07) is 0. The molecule has 1 unspecified atom stereocenters. The van der Waals surface area contributed by atoms with Gasteiger partial charge in [0.2, 0.25) is 0 Å². The third-order valence-corrected chi connectivity index (χ3v) is 11.6. The highest BCUT2D eigenvalue weighted by Gasteiger charge is 2.75. The minimum atomic E-state index is -0.00345. The van der Waals surface area contributed by atoms with Gasteiger partial charge >= 0.3 is 0 Å². The van der Waals surface area contributed by atoms with Crippen LogP contribution in [0.2, 0.25) is 0 Å². The van der Waals surface area contributed by atoms with Gasteiger partial charge in [0.05, 0.1) is 6.10 Å². The molecule has 164 valence electrons. The summed E-state index contributed by atoms with van der Waals surface area (Å²) < 4.78 is 0. The average Bonchev–Trinajstić information content (AvgIpc) is 3.22. The Labute approximate surface area is 180 Å². The predicted octanol–water partition coefficient (Wildman–Crippen LogP) is 7.53. The maximum absolute atomic E-state index is 10.3. The van der Waals surface area contributed by atoms with E-state index in [1.54, 1.807) is 0 Å². The quantitative estimate of drug-likeness (QED) is 0.474. The summed E-state index contributed by atoms with van der Waals surface area (Å²) in [5.74, 6) is 4.31. The average molecular weight is 399 g/mol. The van der Waals surface area contributed by atoms with Crippen molar-refractivity contribution in [3.8, 4) is 0 Å². The molecule has 1 nitrogen and oxygen atoms in total. The molecule has 8 atom stereocenters. The fourth-order valence-electron chi connectivity index (χ4n) is 9.35. The SMILES string of the molecule is CC(C)[C@@H](C)CC[C@@H](C)[C@H]1CCC2=C3CCC4C[C@@H](O)CC[C@@]45C[C@@]35CC[C@@]21C. The first kappa shape index (κ1) is 20.6. The standard InChI is InChI=1S/C28H46O/c1-18(2)19(3)6-7-20(4)23-10-11-24-25-9-8-21-16-22(29)12-13-27(21)17-28(25,27)15-14-26(23,24)5/h18-23,29H,6-17H2,1-5H3/t19-,20+,21?,22-,23+,26+,27+,28-/m0/s1. The molecule has 1 N–H and O–H groups in total. The van der Waals surface area contributed by atoms with E-state index in [1.165, 1.54) is 64.2 Å². The molecule has 1 heteroatoms. The van der Waals surface area contributed by atoms with Crippen molar-refractivity contribution < 1.29 is 5.11 Å². The molecular formula is C28H46O. The van der Waals surface area contributed by atoms with Gasteiger partial charge in [0.25, 0.3) is 0 Å². The Morgan fingerprint density at radius 3 is 2.45 bits per heavy atom. The molecule has 29 heavy (non-hydrogen) atoms. The van der Waals surface area contributed by atoms with Crippen LogP contribution in [-0.4, -0.2) is 11.2 Å². The highest BCUT2D eigenvalue weighted by Crippen LogP contribution is 2.84. The fraction of sp³-hybridized carbons (Fsp3) is 0.929. The molecule has 0 radical (unpaired) electrons. The minimum absolute atomic E-state index is 0.00345. The number of aliphatic hydroxyl groups excluding tert-OH is 1. The lowest BCUT2D eigenvalue weighted by Crippen LogP contribution is -2.41. The van der Waals surface area contributed by atoms with E-state index in [1.807, 2.05) is 11.1 Å². The Balaban J connectivity index is 1.37. The van der Waals surface area contributed by atoms with E-state index >= 15 is 0 Å². The first-order valence-electron chi connectivity index (χ1n) is 13.1. The lowest BCUT2D eigenvalue weighted by Gasteiger charge is -2.50. The maximum atomic E-state index is 10.3. The van der Waals surface area contributed by atoms with Crippen LogP contribution in [0.1, 0.15) is 112 Å². The highest BCUT2D eigenvalue weighted by molar-refractivity contribution is 5.45. The van der Waals surface area contributed by atoms with Gasteiger partial charge in [-0.05, 0) is 110 Å². The van der Waals surface area contributed by atoms with E-state index in [0.717, 1.165) is 42.4 Å². The third-order valence-electron chi connectivity index (χ3n) is 11.6. The zero-order valence-corrected chi connectivity index (χ0v) is 19.9. The summed E-state index contributed by atoms with van der Waals surface area (Å²) in [6.07, 6.45) is 16.4. The predicted molar refractivity (Wildman–Crippen MR) is 122 cm³/mol. The molecule has 2 spiro atoms. The maximum Gasteiger partial charge on any atom is 0.0543 e. The number of allylic oxidation sites excluding steroid dienone is 2. The summed E-state index contributed by atoms with van der Waals surface area (Å²) in [6.45, 7) is 12.5. The largest absolute Gasteiger partial charge is 0.393 e. The van der Waals surface area contributed by atoms with Crippen LogP contribution >= 0.6 is 0 Å². The normalized spacial score (nSPS) is 47.9. The van der Waals surface area contributed by atoms with E-state index in [2.05, 4.69) is 34.6 Å². The summed E-state index contributed by atoms with van der Waals surface area (Å²) in [5.41, 5.74) is 5.65. The Hall–Kier alpha value is -0.300. The second kappa shape index (κ2) is 6.85. The van der Waals surface area contributed by atoms with E-state index in [9.17, 15) is 5.11 Å². The first-order chi connectivity index (χ1) is 13.7. The van der Waals surface area contributed by atoms with E-state index in [4.69, 9.17) is 0 Å². The zero-order valence-electron chi connectivity index (χ0n) is 19.9. The van der Waals surface area contributed by atoms with Gasteiger partial charge in [-0.15, -0.1) is 0 Å². The van der Waals surface area contributed by atoms with Gasteiger partial charge in [-0.25, -0.2) is 0 Å².